The number of aromatic amines is 1. The van der Waals surface area contributed by atoms with Crippen molar-refractivity contribution in [2.45, 2.75) is 38.8 Å². The first-order valence-corrected chi connectivity index (χ1v) is 8.56. The fraction of sp³-hybridized carbons (Fsp3) is 0.500. The van der Waals surface area contributed by atoms with Crippen LogP contribution in [0.15, 0.2) is 30.7 Å². The monoisotopic (exact) mass is 325 g/mol. The SMILES string of the molecule is Cc1ncc(CN2CCC3(CC(NC(=O)c4ccncc4)C3)C2)[nH]1. The van der Waals surface area contributed by atoms with E-state index in [1.165, 1.54) is 12.1 Å². The van der Waals surface area contributed by atoms with Crippen molar-refractivity contribution >= 4 is 5.91 Å². The maximum atomic E-state index is 12.2. The lowest BCUT2D eigenvalue weighted by atomic mass is 9.65. The number of nitrogens with zero attached hydrogens (tertiary/aromatic N) is 3. The topological polar surface area (TPSA) is 73.9 Å². The number of pyridine rings is 1. The molecule has 0 radical (unpaired) electrons. The molecule has 6 nitrogen and oxygen atoms in total. The second kappa shape index (κ2) is 6.02. The van der Waals surface area contributed by atoms with Gasteiger partial charge in [-0.2, -0.15) is 0 Å². The third-order valence-electron chi connectivity index (χ3n) is 5.30. The molecule has 2 aromatic heterocycles. The van der Waals surface area contributed by atoms with E-state index >= 15 is 0 Å². The van der Waals surface area contributed by atoms with Gasteiger partial charge in [0.1, 0.15) is 5.82 Å². The number of likely N-dealkylation sites (tertiary alicyclic amines) is 1. The quantitative estimate of drug-likeness (QED) is 0.900. The van der Waals surface area contributed by atoms with Crippen LogP contribution in [-0.4, -0.2) is 44.9 Å². The number of aromatic nitrogens is 3. The lowest BCUT2D eigenvalue weighted by molar-refractivity contribution is 0.0693. The van der Waals surface area contributed by atoms with Gasteiger partial charge < -0.3 is 10.3 Å². The number of amides is 1. The first kappa shape index (κ1) is 15.3. The summed E-state index contributed by atoms with van der Waals surface area (Å²) in [5.41, 5.74) is 2.27. The van der Waals surface area contributed by atoms with Gasteiger partial charge in [-0.05, 0) is 50.3 Å². The maximum absolute atomic E-state index is 12.2. The molecule has 6 heteroatoms. The zero-order valence-corrected chi connectivity index (χ0v) is 14.0. The summed E-state index contributed by atoms with van der Waals surface area (Å²) in [6, 6.07) is 3.82. The third-order valence-corrected chi connectivity index (χ3v) is 5.30. The summed E-state index contributed by atoms with van der Waals surface area (Å²) >= 11 is 0. The Morgan fingerprint density at radius 1 is 1.42 bits per heavy atom. The molecular weight excluding hydrogens is 302 g/mol. The van der Waals surface area contributed by atoms with Crippen molar-refractivity contribution in [3.8, 4) is 0 Å². The van der Waals surface area contributed by atoms with Crippen molar-refractivity contribution in [2.24, 2.45) is 5.41 Å². The molecule has 0 atom stereocenters. The van der Waals surface area contributed by atoms with Crippen LogP contribution in [0.3, 0.4) is 0 Å². The molecule has 24 heavy (non-hydrogen) atoms. The fourth-order valence-electron chi connectivity index (χ4n) is 4.15. The summed E-state index contributed by atoms with van der Waals surface area (Å²) in [6.07, 6.45) is 8.64. The summed E-state index contributed by atoms with van der Waals surface area (Å²) in [7, 11) is 0. The van der Waals surface area contributed by atoms with E-state index in [1.54, 1.807) is 24.5 Å². The Balaban J connectivity index is 1.27. The summed E-state index contributed by atoms with van der Waals surface area (Å²) in [5, 5.41) is 3.15. The van der Waals surface area contributed by atoms with E-state index in [9.17, 15) is 4.79 Å². The zero-order valence-electron chi connectivity index (χ0n) is 14.0. The number of carbonyl (C=O) groups excluding carboxylic acids is 1. The average molecular weight is 325 g/mol. The van der Waals surface area contributed by atoms with E-state index < -0.39 is 0 Å². The number of hydrogen-bond acceptors (Lipinski definition) is 4. The van der Waals surface area contributed by atoms with Crippen LogP contribution in [0, 0.1) is 12.3 Å². The normalized spacial score (nSPS) is 26.5. The Morgan fingerprint density at radius 3 is 2.92 bits per heavy atom. The van der Waals surface area contributed by atoms with Crippen molar-refractivity contribution in [3.05, 3.63) is 47.8 Å². The minimum absolute atomic E-state index is 0.0139. The first-order chi connectivity index (χ1) is 11.6. The largest absolute Gasteiger partial charge is 0.349 e. The van der Waals surface area contributed by atoms with Crippen LogP contribution in [0.4, 0.5) is 0 Å². The van der Waals surface area contributed by atoms with Crippen molar-refractivity contribution in [2.75, 3.05) is 13.1 Å². The summed E-state index contributed by atoms with van der Waals surface area (Å²) in [4.78, 5) is 26.2. The predicted octanol–water partition coefficient (Wildman–Crippen LogP) is 1.90. The van der Waals surface area contributed by atoms with E-state index in [4.69, 9.17) is 0 Å². The average Bonchev–Trinajstić information content (AvgIpc) is 3.15. The molecule has 126 valence electrons. The van der Waals surface area contributed by atoms with E-state index in [-0.39, 0.29) is 5.91 Å². The number of imidazole rings is 1. The third kappa shape index (κ3) is 3.06. The van der Waals surface area contributed by atoms with Crippen LogP contribution in [0.5, 0.6) is 0 Å². The molecule has 0 unspecified atom stereocenters. The molecule has 0 aromatic carbocycles. The van der Waals surface area contributed by atoms with Gasteiger partial charge >= 0.3 is 0 Å². The lowest BCUT2D eigenvalue weighted by Crippen LogP contribution is -2.51. The summed E-state index contributed by atoms with van der Waals surface area (Å²) in [5.74, 6) is 0.987. The Kier molecular flexibility index (Phi) is 3.84. The van der Waals surface area contributed by atoms with Crippen LogP contribution in [0.25, 0.3) is 0 Å². The fourth-order valence-corrected chi connectivity index (χ4v) is 4.15. The van der Waals surface area contributed by atoms with Crippen molar-refractivity contribution in [3.63, 3.8) is 0 Å². The molecule has 3 heterocycles. The molecule has 0 bridgehead atoms. The molecule has 2 aliphatic rings. The molecule has 1 spiro atoms. The molecule has 1 saturated carbocycles. The highest BCUT2D eigenvalue weighted by Gasteiger charge is 2.48. The van der Waals surface area contributed by atoms with Crippen LogP contribution in [0.1, 0.15) is 41.1 Å². The van der Waals surface area contributed by atoms with Crippen molar-refractivity contribution in [1.82, 2.24) is 25.2 Å². The zero-order chi connectivity index (χ0) is 16.6. The van der Waals surface area contributed by atoms with Crippen molar-refractivity contribution < 1.29 is 4.79 Å². The van der Waals surface area contributed by atoms with Crippen LogP contribution >= 0.6 is 0 Å². The molecular formula is C18H23N5O. The van der Waals surface area contributed by atoms with Gasteiger partial charge in [0.05, 0.1) is 0 Å². The molecule has 1 saturated heterocycles. The maximum Gasteiger partial charge on any atom is 0.251 e. The van der Waals surface area contributed by atoms with Crippen LogP contribution in [0.2, 0.25) is 0 Å². The number of carbonyl (C=O) groups is 1. The molecule has 1 amide bonds. The van der Waals surface area contributed by atoms with Crippen molar-refractivity contribution in [1.29, 1.82) is 0 Å². The Bertz CT molecular complexity index is 720. The molecule has 2 fully saturated rings. The van der Waals surface area contributed by atoms with Gasteiger partial charge in [0, 0.05) is 49.0 Å². The molecule has 4 rings (SSSR count). The second-order valence-corrected chi connectivity index (χ2v) is 7.27. The Labute approximate surface area is 141 Å². The first-order valence-electron chi connectivity index (χ1n) is 8.56. The Hall–Kier alpha value is -2.21. The lowest BCUT2D eigenvalue weighted by Gasteiger charge is -2.45. The van der Waals surface area contributed by atoms with Gasteiger partial charge in [-0.15, -0.1) is 0 Å². The summed E-state index contributed by atoms with van der Waals surface area (Å²) < 4.78 is 0. The minimum Gasteiger partial charge on any atom is -0.349 e. The highest BCUT2D eigenvalue weighted by molar-refractivity contribution is 5.94. The van der Waals surface area contributed by atoms with Gasteiger partial charge in [0.25, 0.3) is 5.91 Å². The number of aryl methyl sites for hydroxylation is 1. The Morgan fingerprint density at radius 2 is 2.21 bits per heavy atom. The van der Waals surface area contributed by atoms with Gasteiger partial charge in [-0.1, -0.05) is 0 Å². The molecule has 1 aliphatic carbocycles. The smallest absolute Gasteiger partial charge is 0.251 e. The predicted molar refractivity (Wildman–Crippen MR) is 90.4 cm³/mol. The number of rotatable bonds is 4. The van der Waals surface area contributed by atoms with Gasteiger partial charge in [-0.3, -0.25) is 14.7 Å². The second-order valence-electron chi connectivity index (χ2n) is 7.27. The highest BCUT2D eigenvalue weighted by Crippen LogP contribution is 2.48. The standard InChI is InChI=1S/C18H23N5O/c1-13-20-10-16(21-13)11-23-7-4-18(12-23)8-15(9-18)22-17(24)14-2-5-19-6-3-14/h2-3,5-6,10,15H,4,7-9,11-12H2,1H3,(H,20,21)(H,22,24). The van der Waals surface area contributed by atoms with E-state index in [0.717, 1.165) is 38.3 Å². The van der Waals surface area contributed by atoms with Crippen LogP contribution < -0.4 is 5.32 Å². The van der Waals surface area contributed by atoms with Gasteiger partial charge in [0.15, 0.2) is 0 Å². The molecule has 1 aliphatic heterocycles. The molecule has 2 N–H and O–H groups in total. The number of hydrogen-bond donors (Lipinski definition) is 2. The minimum atomic E-state index is 0.0139. The molecule has 2 aromatic rings. The van der Waals surface area contributed by atoms with E-state index in [2.05, 4.69) is 25.2 Å². The summed E-state index contributed by atoms with van der Waals surface area (Å²) in [6.45, 7) is 5.17. The highest BCUT2D eigenvalue weighted by atomic mass is 16.1. The number of nitrogens with one attached hydrogen (secondary N) is 2. The van der Waals surface area contributed by atoms with Gasteiger partial charge in [-0.25, -0.2) is 4.98 Å². The van der Waals surface area contributed by atoms with Gasteiger partial charge in [0.2, 0.25) is 0 Å². The van der Waals surface area contributed by atoms with E-state index in [1.807, 2.05) is 13.1 Å². The van der Waals surface area contributed by atoms with Crippen LogP contribution in [-0.2, 0) is 6.54 Å². The van der Waals surface area contributed by atoms with E-state index in [0.29, 0.717) is 17.0 Å². The number of H-pyrrole nitrogens is 1.